The van der Waals surface area contributed by atoms with Crippen LogP contribution in [-0.4, -0.2) is 46.4 Å². The minimum absolute atomic E-state index is 0.0589. The number of hydrogen-bond donors (Lipinski definition) is 2. The van der Waals surface area contributed by atoms with Crippen LogP contribution in [0.25, 0.3) is 0 Å². The van der Waals surface area contributed by atoms with E-state index in [4.69, 9.17) is 0 Å². The van der Waals surface area contributed by atoms with Gasteiger partial charge in [-0.3, -0.25) is 14.4 Å². The second-order valence-corrected chi connectivity index (χ2v) is 8.03. The molecule has 9 heteroatoms. The molecule has 0 saturated heterocycles. The number of likely N-dealkylation sites (N-methyl/N-ethyl adjacent to an activating group) is 1. The summed E-state index contributed by atoms with van der Waals surface area (Å²) in [6.45, 7) is 6.71. The van der Waals surface area contributed by atoms with E-state index < -0.39 is 0 Å². The van der Waals surface area contributed by atoms with E-state index in [1.54, 1.807) is 29.2 Å². The Morgan fingerprint density at radius 2 is 1.82 bits per heavy atom. The molecule has 0 unspecified atom stereocenters. The summed E-state index contributed by atoms with van der Waals surface area (Å²) in [4.78, 5) is 41.6. The molecule has 1 aromatic heterocycles. The molecule has 0 fully saturated rings. The van der Waals surface area contributed by atoms with E-state index in [-0.39, 0.29) is 29.9 Å². The highest BCUT2D eigenvalue weighted by atomic mass is 32.2. The second-order valence-electron chi connectivity index (χ2n) is 5.95. The molecule has 1 heterocycles. The zero-order valence-corrected chi connectivity index (χ0v) is 17.8. The monoisotopic (exact) mass is 420 g/mol. The van der Waals surface area contributed by atoms with Gasteiger partial charge in [-0.2, -0.15) is 0 Å². The van der Waals surface area contributed by atoms with Crippen LogP contribution in [0.4, 0.5) is 11.4 Å². The SMILES string of the molecule is CCN(CC)C(=O)Cc1csc(SCC(=O)Nc2cccc(NC(C)=O)c2)n1. The molecular weight excluding hydrogens is 396 g/mol. The van der Waals surface area contributed by atoms with Crippen molar-refractivity contribution >= 4 is 52.2 Å². The Bertz CT molecular complexity index is 834. The molecule has 0 aliphatic rings. The van der Waals surface area contributed by atoms with Crippen molar-refractivity contribution in [2.24, 2.45) is 0 Å². The minimum Gasteiger partial charge on any atom is -0.343 e. The maximum Gasteiger partial charge on any atom is 0.234 e. The van der Waals surface area contributed by atoms with Gasteiger partial charge in [-0.1, -0.05) is 17.8 Å². The van der Waals surface area contributed by atoms with Gasteiger partial charge in [0.15, 0.2) is 4.34 Å². The number of hydrogen-bond acceptors (Lipinski definition) is 6. The van der Waals surface area contributed by atoms with E-state index >= 15 is 0 Å². The fourth-order valence-electron chi connectivity index (χ4n) is 2.48. The fourth-order valence-corrected chi connectivity index (χ4v) is 4.13. The van der Waals surface area contributed by atoms with Crippen LogP contribution >= 0.6 is 23.1 Å². The predicted octanol–water partition coefficient (Wildman–Crippen LogP) is 3.24. The molecule has 150 valence electrons. The van der Waals surface area contributed by atoms with Gasteiger partial charge in [0.25, 0.3) is 0 Å². The van der Waals surface area contributed by atoms with Gasteiger partial charge >= 0.3 is 0 Å². The molecule has 1 aromatic carbocycles. The van der Waals surface area contributed by atoms with E-state index in [1.807, 2.05) is 19.2 Å². The van der Waals surface area contributed by atoms with Gasteiger partial charge < -0.3 is 15.5 Å². The Balaban J connectivity index is 1.84. The minimum atomic E-state index is -0.168. The van der Waals surface area contributed by atoms with E-state index in [2.05, 4.69) is 15.6 Å². The molecule has 28 heavy (non-hydrogen) atoms. The first-order chi connectivity index (χ1) is 13.4. The molecular formula is C19H24N4O3S2. The van der Waals surface area contributed by atoms with Gasteiger partial charge in [0.2, 0.25) is 17.7 Å². The van der Waals surface area contributed by atoms with Crippen molar-refractivity contribution in [3.8, 4) is 0 Å². The Labute approximate surface area is 172 Å². The average molecular weight is 421 g/mol. The Hall–Kier alpha value is -2.39. The summed E-state index contributed by atoms with van der Waals surface area (Å²) in [5, 5.41) is 7.34. The fraction of sp³-hybridized carbons (Fsp3) is 0.368. The van der Waals surface area contributed by atoms with Crippen LogP contribution in [0, 0.1) is 0 Å². The van der Waals surface area contributed by atoms with Crippen LogP contribution in [0.15, 0.2) is 34.0 Å². The van der Waals surface area contributed by atoms with Crippen LogP contribution in [-0.2, 0) is 20.8 Å². The normalized spacial score (nSPS) is 10.4. The third-order valence-corrected chi connectivity index (χ3v) is 5.84. The predicted molar refractivity (Wildman–Crippen MR) is 114 cm³/mol. The Morgan fingerprint density at radius 3 is 2.46 bits per heavy atom. The first-order valence-corrected chi connectivity index (χ1v) is 10.8. The molecule has 0 saturated carbocycles. The van der Waals surface area contributed by atoms with E-state index in [1.165, 1.54) is 30.0 Å². The number of anilines is 2. The molecule has 0 radical (unpaired) electrons. The quantitative estimate of drug-likeness (QED) is 0.608. The number of thioether (sulfide) groups is 1. The van der Waals surface area contributed by atoms with Crippen molar-refractivity contribution < 1.29 is 14.4 Å². The summed E-state index contributed by atoms with van der Waals surface area (Å²) in [5.41, 5.74) is 1.97. The maximum absolute atomic E-state index is 12.2. The molecule has 0 aliphatic heterocycles. The van der Waals surface area contributed by atoms with Gasteiger partial charge in [0.1, 0.15) is 0 Å². The van der Waals surface area contributed by atoms with Crippen molar-refractivity contribution in [1.82, 2.24) is 9.88 Å². The summed E-state index contributed by atoms with van der Waals surface area (Å²) in [6.07, 6.45) is 0.279. The molecule has 7 nitrogen and oxygen atoms in total. The zero-order valence-electron chi connectivity index (χ0n) is 16.2. The number of carbonyl (C=O) groups is 3. The number of nitrogens with zero attached hydrogens (tertiary/aromatic N) is 2. The lowest BCUT2D eigenvalue weighted by Crippen LogP contribution is -2.31. The second kappa shape index (κ2) is 10.8. The van der Waals surface area contributed by atoms with Crippen molar-refractivity contribution in [1.29, 1.82) is 0 Å². The molecule has 0 aliphatic carbocycles. The molecule has 0 atom stereocenters. The third-order valence-electron chi connectivity index (χ3n) is 3.77. The molecule has 2 aromatic rings. The van der Waals surface area contributed by atoms with Gasteiger partial charge in [-0.25, -0.2) is 4.98 Å². The summed E-state index contributed by atoms with van der Waals surface area (Å²) in [6, 6.07) is 6.97. The topological polar surface area (TPSA) is 91.4 Å². The summed E-state index contributed by atoms with van der Waals surface area (Å²) < 4.78 is 0.754. The summed E-state index contributed by atoms with van der Waals surface area (Å²) in [5.74, 6) is -0.0657. The molecule has 0 spiro atoms. The smallest absolute Gasteiger partial charge is 0.234 e. The number of aromatic nitrogens is 1. The van der Waals surface area contributed by atoms with E-state index in [0.29, 0.717) is 24.5 Å². The lowest BCUT2D eigenvalue weighted by atomic mass is 10.2. The lowest BCUT2D eigenvalue weighted by molar-refractivity contribution is -0.130. The first kappa shape index (κ1) is 21.9. The van der Waals surface area contributed by atoms with Crippen LogP contribution in [0.2, 0.25) is 0 Å². The van der Waals surface area contributed by atoms with E-state index in [0.717, 1.165) is 10.0 Å². The van der Waals surface area contributed by atoms with Crippen LogP contribution in [0.1, 0.15) is 26.5 Å². The van der Waals surface area contributed by atoms with Crippen molar-refractivity contribution in [2.45, 2.75) is 31.5 Å². The van der Waals surface area contributed by atoms with Crippen molar-refractivity contribution in [3.05, 3.63) is 35.3 Å². The number of nitrogens with one attached hydrogen (secondary N) is 2. The molecule has 2 N–H and O–H groups in total. The number of amides is 3. The van der Waals surface area contributed by atoms with Crippen LogP contribution in [0.3, 0.4) is 0 Å². The van der Waals surface area contributed by atoms with Crippen molar-refractivity contribution in [3.63, 3.8) is 0 Å². The number of rotatable bonds is 9. The highest BCUT2D eigenvalue weighted by Crippen LogP contribution is 2.23. The van der Waals surface area contributed by atoms with Crippen LogP contribution < -0.4 is 10.6 Å². The highest BCUT2D eigenvalue weighted by Gasteiger charge is 2.13. The Kier molecular flexibility index (Phi) is 8.46. The molecule has 2 rings (SSSR count). The third kappa shape index (κ3) is 6.97. The first-order valence-electron chi connectivity index (χ1n) is 8.93. The number of thiazole rings is 1. The average Bonchev–Trinajstić information content (AvgIpc) is 3.08. The maximum atomic E-state index is 12.2. The summed E-state index contributed by atoms with van der Waals surface area (Å²) in [7, 11) is 0. The highest BCUT2D eigenvalue weighted by molar-refractivity contribution is 8.01. The van der Waals surface area contributed by atoms with Gasteiger partial charge in [0, 0.05) is 36.8 Å². The van der Waals surface area contributed by atoms with E-state index in [9.17, 15) is 14.4 Å². The number of carbonyl (C=O) groups excluding carboxylic acids is 3. The number of benzene rings is 1. The van der Waals surface area contributed by atoms with Gasteiger partial charge in [-0.05, 0) is 32.0 Å². The summed E-state index contributed by atoms with van der Waals surface area (Å²) >= 11 is 2.76. The van der Waals surface area contributed by atoms with Gasteiger partial charge in [-0.15, -0.1) is 11.3 Å². The molecule has 0 bridgehead atoms. The van der Waals surface area contributed by atoms with Crippen molar-refractivity contribution in [2.75, 3.05) is 29.5 Å². The largest absolute Gasteiger partial charge is 0.343 e. The zero-order chi connectivity index (χ0) is 20.5. The van der Waals surface area contributed by atoms with Crippen LogP contribution in [0.5, 0.6) is 0 Å². The Morgan fingerprint density at radius 1 is 1.14 bits per heavy atom. The standard InChI is InChI=1S/C19H24N4O3S2/c1-4-23(5-2)18(26)10-16-11-27-19(22-16)28-12-17(25)21-15-8-6-7-14(9-15)20-13(3)24/h6-9,11H,4-5,10,12H2,1-3H3,(H,20,24)(H,21,25). The molecule has 3 amide bonds. The van der Waals surface area contributed by atoms with Gasteiger partial charge in [0.05, 0.1) is 17.9 Å². The lowest BCUT2D eigenvalue weighted by Gasteiger charge is -2.17.